The Morgan fingerprint density at radius 1 is 1.02 bits per heavy atom. The van der Waals surface area contributed by atoms with Crippen molar-refractivity contribution in [3.63, 3.8) is 0 Å². The third kappa shape index (κ3) is 6.82. The average Bonchev–Trinajstić information content (AvgIpc) is 3.82. The summed E-state index contributed by atoms with van der Waals surface area (Å²) in [6.45, 7) is 13.9. The second-order valence-corrected chi connectivity index (χ2v) is 27.0. The van der Waals surface area contributed by atoms with Gasteiger partial charge in [0.1, 0.15) is 22.4 Å². The summed E-state index contributed by atoms with van der Waals surface area (Å²) in [6, 6.07) is 23.8. The molecule has 0 saturated carbocycles. The molecule has 278 valence electrons. The Morgan fingerprint density at radius 2 is 1.75 bits per heavy atom. The molecular weight excluding hydrogens is 746 g/mol. The molecule has 2 aromatic carbocycles. The van der Waals surface area contributed by atoms with Crippen LogP contribution in [0.25, 0.3) is 33.4 Å². The zero-order chi connectivity index (χ0) is 37.7. The van der Waals surface area contributed by atoms with Crippen molar-refractivity contribution in [2.45, 2.75) is 77.1 Å². The lowest BCUT2D eigenvalue weighted by Gasteiger charge is -2.41. The molecule has 2 atom stereocenters. The Bertz CT molecular complexity index is 2250. The van der Waals surface area contributed by atoms with Gasteiger partial charge in [-0.25, -0.2) is 18.4 Å². The highest BCUT2D eigenvalue weighted by molar-refractivity contribution is 7.15. The molecule has 0 radical (unpaired) electrons. The van der Waals surface area contributed by atoms with E-state index in [9.17, 15) is 4.80 Å². The zero-order valence-electron chi connectivity index (χ0n) is 30.9. The maximum Gasteiger partial charge on any atom is 0.282 e. The number of aromatic nitrogens is 4. The molecule has 0 saturated heterocycles. The number of halogens is 3. The van der Waals surface area contributed by atoms with Gasteiger partial charge in [-0.3, -0.25) is 0 Å². The first kappa shape index (κ1) is 37.7. The van der Waals surface area contributed by atoms with E-state index in [1.54, 1.807) is 10.9 Å². The molecule has 4 aromatic heterocycles. The maximum atomic E-state index is 15.5. The van der Waals surface area contributed by atoms with E-state index in [1.165, 1.54) is 11.3 Å². The fourth-order valence-corrected chi connectivity index (χ4v) is 12.8. The standard InChI is InChI=1S/C40H45ClF2N4O3SSi2/c1-40(2,3)53(48,26-13-8-7-9-14-26)31-17-11-10-15-27(31)30-18-21-50-39-33(34(37(42)43)45-47(30)39)35-32(28-19-23-51-36(28)41)29-16-12-20-44-38(29)46(35)25-49-22-24-52(4,5)6/h7-17,19-20,23,30,37,48H,18,21-22,24-25H2,1-6H3. The topological polar surface area (TPSA) is 74.3 Å². The number of thiophene rings is 1. The van der Waals surface area contributed by atoms with Crippen molar-refractivity contribution in [2.75, 3.05) is 13.2 Å². The van der Waals surface area contributed by atoms with E-state index in [1.807, 2.05) is 82.7 Å². The van der Waals surface area contributed by atoms with E-state index in [4.69, 9.17) is 31.2 Å². The van der Waals surface area contributed by atoms with Crippen LogP contribution in [0.4, 0.5) is 8.78 Å². The number of ether oxygens (including phenoxy) is 2. The molecule has 2 unspecified atom stereocenters. The van der Waals surface area contributed by atoms with Crippen molar-refractivity contribution in [3.8, 4) is 28.3 Å². The number of fused-ring (bicyclic) bond motifs is 2. The molecule has 5 heterocycles. The van der Waals surface area contributed by atoms with Gasteiger partial charge in [-0.05, 0) is 50.6 Å². The molecule has 1 aliphatic heterocycles. The molecule has 0 amide bonds. The third-order valence-corrected chi connectivity index (χ3v) is 17.6. The van der Waals surface area contributed by atoms with Gasteiger partial charge < -0.3 is 18.8 Å². The summed E-state index contributed by atoms with van der Waals surface area (Å²) in [5, 5.41) is 8.56. The Balaban J connectivity index is 1.47. The molecule has 6 aromatic rings. The van der Waals surface area contributed by atoms with Crippen LogP contribution in [0.1, 0.15) is 50.9 Å². The molecule has 0 spiro atoms. The smallest absolute Gasteiger partial charge is 0.282 e. The van der Waals surface area contributed by atoms with Gasteiger partial charge in [0.05, 0.1) is 23.9 Å². The van der Waals surface area contributed by atoms with Crippen molar-refractivity contribution in [1.29, 1.82) is 0 Å². The summed E-state index contributed by atoms with van der Waals surface area (Å²) < 4.78 is 47.8. The summed E-state index contributed by atoms with van der Waals surface area (Å²) in [5.41, 5.74) is 3.10. The number of pyridine rings is 1. The average molecular weight is 792 g/mol. The normalized spacial score (nSPS) is 16.2. The number of hydrogen-bond acceptors (Lipinski definition) is 6. The number of alkyl halides is 2. The van der Waals surface area contributed by atoms with Crippen LogP contribution in [-0.2, 0) is 11.5 Å². The minimum atomic E-state index is -3.43. The van der Waals surface area contributed by atoms with E-state index >= 15 is 8.78 Å². The summed E-state index contributed by atoms with van der Waals surface area (Å²) in [4.78, 5) is 17.7. The molecular formula is C40H45ClF2N4O3SSi2. The van der Waals surface area contributed by atoms with Crippen LogP contribution in [0.2, 0.25) is 35.1 Å². The number of hydrogen-bond donors (Lipinski definition) is 1. The molecule has 7 nitrogen and oxygen atoms in total. The summed E-state index contributed by atoms with van der Waals surface area (Å²) >= 11 is 8.21. The third-order valence-electron chi connectivity index (χ3n) is 10.2. The highest BCUT2D eigenvalue weighted by Gasteiger charge is 2.49. The molecule has 13 heteroatoms. The first-order chi connectivity index (χ1) is 25.2. The van der Waals surface area contributed by atoms with Crippen LogP contribution in [0, 0.1) is 0 Å². The molecule has 0 aliphatic carbocycles. The van der Waals surface area contributed by atoms with Crippen molar-refractivity contribution in [3.05, 3.63) is 100.0 Å². The number of rotatable bonds is 11. The largest absolute Gasteiger partial charge is 0.477 e. The minimum absolute atomic E-state index is 0.0932. The summed E-state index contributed by atoms with van der Waals surface area (Å²) in [5.74, 6) is 0.241. The maximum absolute atomic E-state index is 15.5. The molecule has 1 N–H and O–H groups in total. The Labute approximate surface area is 320 Å². The predicted octanol–water partition coefficient (Wildman–Crippen LogP) is 9.76. The molecule has 0 fully saturated rings. The Hall–Kier alpha value is -3.66. The van der Waals surface area contributed by atoms with Crippen molar-refractivity contribution in [2.24, 2.45) is 0 Å². The highest BCUT2D eigenvalue weighted by atomic mass is 35.5. The van der Waals surface area contributed by atoms with Gasteiger partial charge in [0.25, 0.3) is 14.7 Å². The lowest BCUT2D eigenvalue weighted by molar-refractivity contribution is 0.0908. The van der Waals surface area contributed by atoms with Crippen molar-refractivity contribution < 1.29 is 23.1 Å². The van der Waals surface area contributed by atoms with Crippen LogP contribution < -0.4 is 15.1 Å². The van der Waals surface area contributed by atoms with Gasteiger partial charge in [-0.15, -0.1) is 11.3 Å². The lowest BCUT2D eigenvalue weighted by atomic mass is 10.00. The fraction of sp³-hybridized carbons (Fsp3) is 0.350. The first-order valence-electron chi connectivity index (χ1n) is 17.9. The molecule has 1 aliphatic rings. The zero-order valence-corrected chi connectivity index (χ0v) is 34.4. The summed E-state index contributed by atoms with van der Waals surface area (Å²) in [6.07, 6.45) is -0.752. The van der Waals surface area contributed by atoms with Gasteiger partial charge in [-0.1, -0.05) is 107 Å². The quantitative estimate of drug-likeness (QED) is 0.105. The molecule has 53 heavy (non-hydrogen) atoms. The monoisotopic (exact) mass is 790 g/mol. The van der Waals surface area contributed by atoms with E-state index in [0.717, 1.165) is 27.4 Å². The van der Waals surface area contributed by atoms with Gasteiger partial charge >= 0.3 is 0 Å². The Kier molecular flexibility index (Phi) is 10.3. The first-order valence-corrected chi connectivity index (χ1v) is 24.8. The van der Waals surface area contributed by atoms with Crippen LogP contribution in [0.3, 0.4) is 0 Å². The summed E-state index contributed by atoms with van der Waals surface area (Å²) in [7, 11) is -4.84. The fourth-order valence-electron chi connectivity index (χ4n) is 7.47. The predicted molar refractivity (Wildman–Crippen MR) is 216 cm³/mol. The van der Waals surface area contributed by atoms with E-state index in [2.05, 4.69) is 40.4 Å². The van der Waals surface area contributed by atoms with E-state index in [-0.39, 0.29) is 24.8 Å². The van der Waals surface area contributed by atoms with Gasteiger partial charge in [0.2, 0.25) is 5.88 Å². The minimum Gasteiger partial charge on any atom is -0.477 e. The van der Waals surface area contributed by atoms with Gasteiger partial charge in [0.15, 0.2) is 0 Å². The second kappa shape index (κ2) is 14.5. The SMILES string of the molecule is CC(C)(C)[Si](O)(c1ccccc1)c1ccccc1C1CCOc2c(-c3c(-c4ccsc4Cl)c4cccnc4n3COCC[Si](C)(C)C)c(C(F)F)nn21. The number of benzene rings is 2. The molecule has 0 bridgehead atoms. The Morgan fingerprint density at radius 3 is 2.43 bits per heavy atom. The van der Waals surface area contributed by atoms with E-state index < -0.39 is 39.6 Å². The van der Waals surface area contributed by atoms with Crippen LogP contribution in [0.15, 0.2) is 84.4 Å². The van der Waals surface area contributed by atoms with Gasteiger partial charge in [-0.2, -0.15) is 5.10 Å². The van der Waals surface area contributed by atoms with Crippen molar-refractivity contribution >= 4 is 60.7 Å². The van der Waals surface area contributed by atoms with Crippen LogP contribution >= 0.6 is 22.9 Å². The second-order valence-electron chi connectivity index (χ2n) is 15.9. The van der Waals surface area contributed by atoms with Crippen LogP contribution in [0.5, 0.6) is 5.88 Å². The number of nitrogens with zero attached hydrogens (tertiary/aromatic N) is 4. The van der Waals surface area contributed by atoms with Crippen LogP contribution in [-0.4, -0.2) is 53.7 Å². The van der Waals surface area contributed by atoms with Crippen molar-refractivity contribution in [1.82, 2.24) is 19.3 Å². The van der Waals surface area contributed by atoms with E-state index in [0.29, 0.717) is 39.8 Å². The highest BCUT2D eigenvalue weighted by Crippen LogP contribution is 2.51. The van der Waals surface area contributed by atoms with Gasteiger partial charge in [0, 0.05) is 43.8 Å². The molecule has 7 rings (SSSR count). The lowest BCUT2D eigenvalue weighted by Crippen LogP contribution is -2.65.